The van der Waals surface area contributed by atoms with Gasteiger partial charge in [-0.2, -0.15) is 0 Å². The third-order valence-corrected chi connectivity index (χ3v) is 4.30. The molecule has 1 unspecified atom stereocenters. The topological polar surface area (TPSA) is 38.8 Å². The van der Waals surface area contributed by atoms with E-state index in [9.17, 15) is 4.79 Å². The smallest absolute Gasteiger partial charge is 0.253 e. The minimum absolute atomic E-state index is 0.0803. The zero-order valence-corrected chi connectivity index (χ0v) is 14.0. The number of hydrogen-bond donors (Lipinski definition) is 0. The quantitative estimate of drug-likeness (QED) is 0.867. The van der Waals surface area contributed by atoms with Crippen LogP contribution in [0.2, 0.25) is 0 Å². The third kappa shape index (κ3) is 4.15. The van der Waals surface area contributed by atoms with Crippen molar-refractivity contribution in [3.63, 3.8) is 0 Å². The first-order valence-corrected chi connectivity index (χ1v) is 8.31. The van der Waals surface area contributed by atoms with Gasteiger partial charge in [-0.15, -0.1) is 0 Å². The lowest BCUT2D eigenvalue weighted by Gasteiger charge is -2.24. The van der Waals surface area contributed by atoms with E-state index in [-0.39, 0.29) is 11.8 Å². The number of ether oxygens (including phenoxy) is 2. The van der Waals surface area contributed by atoms with Gasteiger partial charge in [0.05, 0.1) is 20.3 Å². The lowest BCUT2D eigenvalue weighted by Crippen LogP contribution is -2.36. The maximum absolute atomic E-state index is 12.7. The highest BCUT2D eigenvalue weighted by Gasteiger charge is 2.23. The van der Waals surface area contributed by atoms with Crippen LogP contribution >= 0.6 is 0 Å². The Balaban J connectivity index is 1.69. The van der Waals surface area contributed by atoms with E-state index in [2.05, 4.69) is 6.07 Å². The zero-order chi connectivity index (χ0) is 16.8. The normalized spacial score (nSPS) is 18.0. The van der Waals surface area contributed by atoms with Gasteiger partial charge in [0.15, 0.2) is 0 Å². The second kappa shape index (κ2) is 7.97. The molecule has 24 heavy (non-hydrogen) atoms. The molecule has 1 saturated heterocycles. The van der Waals surface area contributed by atoms with Crippen LogP contribution in [0.3, 0.4) is 0 Å². The Morgan fingerprint density at radius 1 is 1.21 bits per heavy atom. The Bertz CT molecular complexity index is 672. The summed E-state index contributed by atoms with van der Waals surface area (Å²) in [6.07, 6.45) is 0.871. The van der Waals surface area contributed by atoms with Gasteiger partial charge in [-0.25, -0.2) is 0 Å². The van der Waals surface area contributed by atoms with Gasteiger partial charge in [-0.05, 0) is 36.2 Å². The largest absolute Gasteiger partial charge is 0.497 e. The van der Waals surface area contributed by atoms with Gasteiger partial charge >= 0.3 is 0 Å². The van der Waals surface area contributed by atoms with E-state index in [0.717, 1.165) is 17.7 Å². The summed E-state index contributed by atoms with van der Waals surface area (Å²) in [5.74, 6) is 1.23. The lowest BCUT2D eigenvalue weighted by molar-refractivity contribution is 0.0737. The molecule has 4 nitrogen and oxygen atoms in total. The van der Waals surface area contributed by atoms with Crippen molar-refractivity contribution < 1.29 is 14.3 Å². The summed E-state index contributed by atoms with van der Waals surface area (Å²) in [7, 11) is 1.67. The summed E-state index contributed by atoms with van der Waals surface area (Å²) in [6, 6.07) is 17.5. The van der Waals surface area contributed by atoms with Crippen molar-refractivity contribution in [1.29, 1.82) is 0 Å². The Morgan fingerprint density at radius 3 is 2.83 bits per heavy atom. The van der Waals surface area contributed by atoms with Gasteiger partial charge in [0.2, 0.25) is 0 Å². The first-order chi connectivity index (χ1) is 11.8. The van der Waals surface area contributed by atoms with E-state index in [1.165, 1.54) is 5.56 Å². The van der Waals surface area contributed by atoms with Crippen LogP contribution < -0.4 is 4.74 Å². The van der Waals surface area contributed by atoms with Crippen molar-refractivity contribution in [2.45, 2.75) is 6.42 Å². The highest BCUT2D eigenvalue weighted by Crippen LogP contribution is 2.19. The van der Waals surface area contributed by atoms with Crippen LogP contribution in [0.15, 0.2) is 54.6 Å². The van der Waals surface area contributed by atoms with Crippen molar-refractivity contribution in [2.24, 2.45) is 5.92 Å². The lowest BCUT2D eigenvalue weighted by atomic mass is 9.99. The molecule has 0 aromatic heterocycles. The molecule has 126 valence electrons. The number of carbonyl (C=O) groups excluding carboxylic acids is 1. The van der Waals surface area contributed by atoms with E-state index in [1.807, 2.05) is 53.4 Å². The molecule has 0 radical (unpaired) electrons. The first kappa shape index (κ1) is 16.5. The van der Waals surface area contributed by atoms with Crippen LogP contribution in [-0.2, 0) is 11.2 Å². The molecular formula is C20H23NO3. The number of amides is 1. The molecule has 1 fully saturated rings. The Labute approximate surface area is 143 Å². The fraction of sp³-hybridized carbons (Fsp3) is 0.350. The standard InChI is InChI=1S/C20H23NO3/c1-23-19-9-5-6-16(13-19)12-17-14-21(10-11-24-15-17)20(22)18-7-3-2-4-8-18/h2-9,13,17H,10-12,14-15H2,1H3. The summed E-state index contributed by atoms with van der Waals surface area (Å²) >= 11 is 0. The highest BCUT2D eigenvalue weighted by atomic mass is 16.5. The first-order valence-electron chi connectivity index (χ1n) is 8.31. The minimum atomic E-state index is 0.0803. The molecule has 1 atom stereocenters. The summed E-state index contributed by atoms with van der Waals surface area (Å²) in [5.41, 5.74) is 1.94. The summed E-state index contributed by atoms with van der Waals surface area (Å²) in [5, 5.41) is 0. The monoisotopic (exact) mass is 325 g/mol. The number of benzene rings is 2. The number of carbonyl (C=O) groups is 1. The number of rotatable bonds is 4. The zero-order valence-electron chi connectivity index (χ0n) is 14.0. The molecule has 0 bridgehead atoms. The van der Waals surface area contributed by atoms with Crippen molar-refractivity contribution in [1.82, 2.24) is 4.90 Å². The van der Waals surface area contributed by atoms with Crippen LogP contribution in [0.25, 0.3) is 0 Å². The Kier molecular flexibility index (Phi) is 5.49. The van der Waals surface area contributed by atoms with E-state index in [0.29, 0.717) is 26.3 Å². The molecule has 2 aromatic carbocycles. The number of methoxy groups -OCH3 is 1. The summed E-state index contributed by atoms with van der Waals surface area (Å²) < 4.78 is 11.0. The molecule has 4 heteroatoms. The van der Waals surface area contributed by atoms with Crippen molar-refractivity contribution in [3.8, 4) is 5.75 Å². The van der Waals surface area contributed by atoms with Crippen LogP contribution in [0.1, 0.15) is 15.9 Å². The number of nitrogens with zero attached hydrogens (tertiary/aromatic N) is 1. The van der Waals surface area contributed by atoms with Gasteiger partial charge in [-0.3, -0.25) is 4.79 Å². The van der Waals surface area contributed by atoms with E-state index in [1.54, 1.807) is 7.11 Å². The second-order valence-electron chi connectivity index (χ2n) is 6.11. The molecule has 0 N–H and O–H groups in total. The van der Waals surface area contributed by atoms with Gasteiger partial charge in [0.1, 0.15) is 5.75 Å². The van der Waals surface area contributed by atoms with Gasteiger partial charge < -0.3 is 14.4 Å². The maximum atomic E-state index is 12.7. The van der Waals surface area contributed by atoms with Crippen molar-refractivity contribution >= 4 is 5.91 Å². The van der Waals surface area contributed by atoms with Crippen LogP contribution in [0.5, 0.6) is 5.75 Å². The van der Waals surface area contributed by atoms with Gasteiger partial charge in [0, 0.05) is 24.6 Å². The summed E-state index contributed by atoms with van der Waals surface area (Å²) in [6.45, 7) is 2.62. The van der Waals surface area contributed by atoms with Crippen molar-refractivity contribution in [3.05, 3.63) is 65.7 Å². The fourth-order valence-corrected chi connectivity index (χ4v) is 3.08. The fourth-order valence-electron chi connectivity index (χ4n) is 3.08. The van der Waals surface area contributed by atoms with Crippen LogP contribution in [0.4, 0.5) is 0 Å². The molecule has 1 aliphatic rings. The average molecular weight is 325 g/mol. The number of hydrogen-bond acceptors (Lipinski definition) is 3. The maximum Gasteiger partial charge on any atom is 0.253 e. The van der Waals surface area contributed by atoms with Gasteiger partial charge in [0.25, 0.3) is 5.91 Å². The van der Waals surface area contributed by atoms with Crippen molar-refractivity contribution in [2.75, 3.05) is 33.4 Å². The Morgan fingerprint density at radius 2 is 2.04 bits per heavy atom. The van der Waals surface area contributed by atoms with E-state index >= 15 is 0 Å². The second-order valence-corrected chi connectivity index (χ2v) is 6.11. The predicted molar refractivity (Wildman–Crippen MR) is 93.4 cm³/mol. The molecule has 1 heterocycles. The van der Waals surface area contributed by atoms with Crippen LogP contribution in [-0.4, -0.2) is 44.2 Å². The molecule has 3 rings (SSSR count). The molecule has 0 saturated carbocycles. The SMILES string of the molecule is COc1cccc(CC2COCCN(C(=O)c3ccccc3)C2)c1. The molecule has 2 aromatic rings. The summed E-state index contributed by atoms with van der Waals surface area (Å²) in [4.78, 5) is 14.6. The predicted octanol–water partition coefficient (Wildman–Crippen LogP) is 3.03. The molecule has 0 aliphatic carbocycles. The Hall–Kier alpha value is -2.33. The van der Waals surface area contributed by atoms with E-state index in [4.69, 9.17) is 9.47 Å². The molecule has 1 aliphatic heterocycles. The molecule has 1 amide bonds. The molecular weight excluding hydrogens is 302 g/mol. The highest BCUT2D eigenvalue weighted by molar-refractivity contribution is 5.94. The average Bonchev–Trinajstić information content (AvgIpc) is 2.87. The van der Waals surface area contributed by atoms with E-state index < -0.39 is 0 Å². The molecule has 0 spiro atoms. The third-order valence-electron chi connectivity index (χ3n) is 4.30. The van der Waals surface area contributed by atoms with Gasteiger partial charge in [-0.1, -0.05) is 30.3 Å². The minimum Gasteiger partial charge on any atom is -0.497 e. The van der Waals surface area contributed by atoms with Crippen LogP contribution in [0, 0.1) is 5.92 Å².